The molecule has 130 valence electrons. The van der Waals surface area contributed by atoms with E-state index in [-0.39, 0.29) is 12.5 Å². The van der Waals surface area contributed by atoms with E-state index in [4.69, 9.17) is 4.74 Å². The van der Waals surface area contributed by atoms with Crippen LogP contribution in [0, 0.1) is 5.92 Å². The average molecular weight is 337 g/mol. The highest BCUT2D eigenvalue weighted by Gasteiger charge is 2.29. The van der Waals surface area contributed by atoms with Crippen molar-refractivity contribution in [3.63, 3.8) is 0 Å². The van der Waals surface area contributed by atoms with Gasteiger partial charge < -0.3 is 15.2 Å². The Hall–Kier alpha value is -2.33. The van der Waals surface area contributed by atoms with Crippen molar-refractivity contribution < 1.29 is 14.6 Å². The van der Waals surface area contributed by atoms with Gasteiger partial charge in [-0.2, -0.15) is 0 Å². The van der Waals surface area contributed by atoms with E-state index < -0.39 is 12.2 Å². The van der Waals surface area contributed by atoms with Crippen molar-refractivity contribution in [2.45, 2.75) is 31.3 Å². The van der Waals surface area contributed by atoms with Crippen molar-refractivity contribution in [2.24, 2.45) is 5.92 Å². The predicted molar refractivity (Wildman–Crippen MR) is 96.4 cm³/mol. The number of carbonyl (C=O) groups is 1. The summed E-state index contributed by atoms with van der Waals surface area (Å²) in [5, 5.41) is 12.7. The zero-order chi connectivity index (χ0) is 17.2. The summed E-state index contributed by atoms with van der Waals surface area (Å²) in [7, 11) is 0. The zero-order valence-corrected chi connectivity index (χ0v) is 14.2. The number of fused-ring (bicyclic) bond motifs is 3. The van der Waals surface area contributed by atoms with Gasteiger partial charge in [0.05, 0.1) is 6.10 Å². The average Bonchev–Trinajstić information content (AvgIpc) is 2.91. The predicted octanol–water partition coefficient (Wildman–Crippen LogP) is 3.69. The lowest BCUT2D eigenvalue weighted by atomic mass is 9.81. The van der Waals surface area contributed by atoms with E-state index >= 15 is 0 Å². The first-order chi connectivity index (χ1) is 12.2. The quantitative estimate of drug-likeness (QED) is 0.875. The first-order valence-corrected chi connectivity index (χ1v) is 9.01. The molecule has 4 heteroatoms. The number of hydrogen-bond donors (Lipinski definition) is 2. The summed E-state index contributed by atoms with van der Waals surface area (Å²) in [5.41, 5.74) is 4.83. The minimum atomic E-state index is -0.464. The molecule has 1 atom stereocenters. The fraction of sp³-hybridized carbons (Fsp3) is 0.381. The molecule has 0 spiro atoms. The maximum atomic E-state index is 12.0. The molecule has 2 aliphatic carbocycles. The number of nitrogens with one attached hydrogen (secondary N) is 1. The number of hydrogen-bond acceptors (Lipinski definition) is 3. The molecule has 0 heterocycles. The SMILES string of the molecule is O=C(NCC(O)C1CCC1)OCC1c2ccccc2-c2ccccc21. The molecule has 0 saturated heterocycles. The van der Waals surface area contributed by atoms with E-state index in [1.54, 1.807) is 0 Å². The van der Waals surface area contributed by atoms with Crippen molar-refractivity contribution in [2.75, 3.05) is 13.2 Å². The van der Waals surface area contributed by atoms with Crippen LogP contribution in [-0.2, 0) is 4.74 Å². The van der Waals surface area contributed by atoms with E-state index in [9.17, 15) is 9.90 Å². The molecule has 0 aliphatic heterocycles. The van der Waals surface area contributed by atoms with Crippen LogP contribution >= 0.6 is 0 Å². The van der Waals surface area contributed by atoms with E-state index in [1.807, 2.05) is 24.3 Å². The Kier molecular flexibility index (Phi) is 4.45. The Morgan fingerprint density at radius 3 is 2.24 bits per heavy atom. The normalized spacial score (nSPS) is 17.3. The standard InChI is InChI=1S/C21H23NO3/c23-20(14-6-5-7-14)12-22-21(24)25-13-19-17-10-3-1-8-15(17)16-9-2-4-11-18(16)19/h1-4,8-11,14,19-20,23H,5-7,12-13H2,(H,22,24). The Balaban J connectivity index is 1.38. The summed E-state index contributed by atoms with van der Waals surface area (Å²) >= 11 is 0. The molecule has 1 unspecified atom stereocenters. The number of carbonyl (C=O) groups excluding carboxylic acids is 1. The first-order valence-electron chi connectivity index (χ1n) is 9.01. The number of rotatable bonds is 5. The Morgan fingerprint density at radius 2 is 1.68 bits per heavy atom. The van der Waals surface area contributed by atoms with E-state index in [2.05, 4.69) is 29.6 Å². The molecule has 0 radical (unpaired) electrons. The van der Waals surface area contributed by atoms with Gasteiger partial charge in [0.15, 0.2) is 0 Å². The van der Waals surface area contributed by atoms with Gasteiger partial charge in [0.2, 0.25) is 0 Å². The maximum Gasteiger partial charge on any atom is 0.407 e. The maximum absolute atomic E-state index is 12.0. The van der Waals surface area contributed by atoms with Gasteiger partial charge in [0.1, 0.15) is 6.61 Å². The molecule has 1 amide bonds. The summed E-state index contributed by atoms with van der Waals surface area (Å²) in [6.45, 7) is 0.570. The third-order valence-electron chi connectivity index (χ3n) is 5.49. The second-order valence-electron chi connectivity index (χ2n) is 6.96. The molecule has 0 aromatic heterocycles. The molecule has 25 heavy (non-hydrogen) atoms. The molecule has 1 fully saturated rings. The van der Waals surface area contributed by atoms with Gasteiger partial charge in [-0.25, -0.2) is 4.79 Å². The molecule has 2 aromatic carbocycles. The van der Waals surface area contributed by atoms with Crippen molar-refractivity contribution in [1.29, 1.82) is 0 Å². The van der Waals surface area contributed by atoms with Crippen LogP contribution in [0.2, 0.25) is 0 Å². The van der Waals surface area contributed by atoms with Gasteiger partial charge in [-0.3, -0.25) is 0 Å². The summed E-state index contributed by atoms with van der Waals surface area (Å²) < 4.78 is 5.46. The number of alkyl carbamates (subject to hydrolysis) is 1. The Bertz CT molecular complexity index is 724. The van der Waals surface area contributed by atoms with Crippen molar-refractivity contribution in [1.82, 2.24) is 5.32 Å². The highest BCUT2D eigenvalue weighted by molar-refractivity contribution is 5.79. The van der Waals surface area contributed by atoms with E-state index in [1.165, 1.54) is 28.7 Å². The molecule has 4 nitrogen and oxygen atoms in total. The second-order valence-corrected chi connectivity index (χ2v) is 6.96. The zero-order valence-electron chi connectivity index (χ0n) is 14.2. The van der Waals surface area contributed by atoms with Gasteiger partial charge in [0, 0.05) is 12.5 Å². The number of ether oxygens (including phenoxy) is 1. The van der Waals surface area contributed by atoms with Gasteiger partial charge in [0.25, 0.3) is 0 Å². The van der Waals surface area contributed by atoms with Crippen molar-refractivity contribution in [3.8, 4) is 11.1 Å². The van der Waals surface area contributed by atoms with Crippen LogP contribution in [0.4, 0.5) is 4.79 Å². The molecule has 4 rings (SSSR count). The molecular weight excluding hydrogens is 314 g/mol. The lowest BCUT2D eigenvalue weighted by Gasteiger charge is -2.30. The molecular formula is C21H23NO3. The second kappa shape index (κ2) is 6.89. The number of aliphatic hydroxyl groups excluding tert-OH is 1. The molecule has 2 aliphatic rings. The number of benzene rings is 2. The molecule has 0 bridgehead atoms. The fourth-order valence-electron chi connectivity index (χ4n) is 3.83. The molecule has 2 N–H and O–H groups in total. The summed E-state index contributed by atoms with van der Waals surface area (Å²) in [4.78, 5) is 12.0. The topological polar surface area (TPSA) is 58.6 Å². The molecule has 2 aromatic rings. The highest BCUT2D eigenvalue weighted by Crippen LogP contribution is 2.44. The third kappa shape index (κ3) is 3.14. The van der Waals surface area contributed by atoms with E-state index in [0.717, 1.165) is 12.8 Å². The molecule has 1 saturated carbocycles. The van der Waals surface area contributed by atoms with Gasteiger partial charge in [-0.1, -0.05) is 55.0 Å². The third-order valence-corrected chi connectivity index (χ3v) is 5.49. The largest absolute Gasteiger partial charge is 0.449 e. The summed E-state index contributed by atoms with van der Waals surface area (Å²) in [5.74, 6) is 0.392. The summed E-state index contributed by atoms with van der Waals surface area (Å²) in [6.07, 6.45) is 2.35. The van der Waals surface area contributed by atoms with Crippen LogP contribution in [0.1, 0.15) is 36.3 Å². The fourth-order valence-corrected chi connectivity index (χ4v) is 3.83. The minimum absolute atomic E-state index is 0.0645. The van der Waals surface area contributed by atoms with Gasteiger partial charge in [-0.15, -0.1) is 0 Å². The number of amides is 1. The van der Waals surface area contributed by atoms with Crippen LogP contribution < -0.4 is 5.32 Å². The Labute approximate surface area is 147 Å². The van der Waals surface area contributed by atoms with Crippen molar-refractivity contribution in [3.05, 3.63) is 59.7 Å². The van der Waals surface area contributed by atoms with Crippen molar-refractivity contribution >= 4 is 6.09 Å². The Morgan fingerprint density at radius 1 is 1.08 bits per heavy atom. The van der Waals surface area contributed by atoms with Crippen LogP contribution in [0.25, 0.3) is 11.1 Å². The van der Waals surface area contributed by atoms with Crippen LogP contribution in [0.15, 0.2) is 48.5 Å². The summed E-state index contributed by atoms with van der Waals surface area (Å²) in [6, 6.07) is 16.5. The lowest BCUT2D eigenvalue weighted by Crippen LogP contribution is -2.39. The first kappa shape index (κ1) is 16.2. The monoisotopic (exact) mass is 337 g/mol. The smallest absolute Gasteiger partial charge is 0.407 e. The van der Waals surface area contributed by atoms with E-state index in [0.29, 0.717) is 12.5 Å². The van der Waals surface area contributed by atoms with Gasteiger partial charge in [-0.05, 0) is 41.0 Å². The van der Waals surface area contributed by atoms with Crippen LogP contribution in [0.3, 0.4) is 0 Å². The lowest BCUT2D eigenvalue weighted by molar-refractivity contribution is 0.0594. The number of aliphatic hydroxyl groups is 1. The van der Waals surface area contributed by atoms with Crippen LogP contribution in [-0.4, -0.2) is 30.5 Å². The minimum Gasteiger partial charge on any atom is -0.449 e. The van der Waals surface area contributed by atoms with Crippen LogP contribution in [0.5, 0.6) is 0 Å². The highest BCUT2D eigenvalue weighted by atomic mass is 16.5. The van der Waals surface area contributed by atoms with Gasteiger partial charge >= 0.3 is 6.09 Å².